The van der Waals surface area contributed by atoms with Crippen LogP contribution in [0.25, 0.3) is 11.0 Å². The number of carbonyl (C=O) groups is 1. The summed E-state index contributed by atoms with van der Waals surface area (Å²) in [6, 6.07) is 8.68. The van der Waals surface area contributed by atoms with E-state index < -0.39 is 10.0 Å². The Bertz CT molecular complexity index is 1220. The molecule has 30 heavy (non-hydrogen) atoms. The summed E-state index contributed by atoms with van der Waals surface area (Å²) in [7, 11) is -1.73. The topological polar surface area (TPSA) is 88.4 Å². The van der Waals surface area contributed by atoms with Crippen LogP contribution in [0.5, 0.6) is 0 Å². The number of rotatable bonds is 3. The van der Waals surface area contributed by atoms with Crippen molar-refractivity contribution >= 4 is 27.0 Å². The highest BCUT2D eigenvalue weighted by Gasteiger charge is 2.31. The van der Waals surface area contributed by atoms with Crippen LogP contribution < -0.4 is 0 Å². The average Bonchev–Trinajstić information content (AvgIpc) is 3.00. The number of piperazine rings is 1. The first kappa shape index (κ1) is 20.5. The van der Waals surface area contributed by atoms with Crippen molar-refractivity contribution < 1.29 is 13.2 Å². The number of pyridine rings is 1. The fourth-order valence-corrected chi connectivity index (χ4v) is 5.23. The molecular formula is C21H25N5O3S. The van der Waals surface area contributed by atoms with E-state index in [2.05, 4.69) is 10.1 Å². The number of benzene rings is 1. The third kappa shape index (κ3) is 3.48. The van der Waals surface area contributed by atoms with Crippen LogP contribution in [0.2, 0.25) is 0 Å². The van der Waals surface area contributed by atoms with Gasteiger partial charge in [0.15, 0.2) is 5.65 Å². The maximum absolute atomic E-state index is 13.1. The normalized spacial score (nSPS) is 15.7. The van der Waals surface area contributed by atoms with Crippen LogP contribution in [0.4, 0.5) is 0 Å². The molecule has 1 amide bonds. The molecule has 8 nitrogen and oxygen atoms in total. The average molecular weight is 428 g/mol. The van der Waals surface area contributed by atoms with Gasteiger partial charge in [0.1, 0.15) is 0 Å². The maximum atomic E-state index is 13.1. The minimum Gasteiger partial charge on any atom is -0.336 e. The third-order valence-corrected chi connectivity index (χ3v) is 7.52. The summed E-state index contributed by atoms with van der Waals surface area (Å²) in [4.78, 5) is 19.7. The van der Waals surface area contributed by atoms with Crippen molar-refractivity contribution in [1.82, 2.24) is 24.0 Å². The molecule has 4 rings (SSSR count). The lowest BCUT2D eigenvalue weighted by molar-refractivity contribution is 0.0697. The van der Waals surface area contributed by atoms with Crippen molar-refractivity contribution in [2.24, 2.45) is 7.05 Å². The molecule has 0 unspecified atom stereocenters. The summed E-state index contributed by atoms with van der Waals surface area (Å²) in [6.45, 7) is 6.84. The SMILES string of the molecule is Cc1ccc(S(=O)(=O)N2CCN(C(=O)c3cc4c(C)nn(C)c4nc3C)CC2)cc1. The van der Waals surface area contributed by atoms with Crippen molar-refractivity contribution in [2.75, 3.05) is 26.2 Å². The van der Waals surface area contributed by atoms with Gasteiger partial charge in [-0.3, -0.25) is 9.48 Å². The summed E-state index contributed by atoms with van der Waals surface area (Å²) in [5.41, 5.74) is 3.76. The molecule has 0 N–H and O–H groups in total. The molecule has 0 spiro atoms. The minimum absolute atomic E-state index is 0.127. The number of sulfonamides is 1. The zero-order chi connectivity index (χ0) is 21.6. The first-order valence-electron chi connectivity index (χ1n) is 9.85. The van der Waals surface area contributed by atoms with Crippen LogP contribution in [-0.4, -0.2) is 64.5 Å². The van der Waals surface area contributed by atoms with Gasteiger partial charge in [-0.15, -0.1) is 0 Å². The van der Waals surface area contributed by atoms with Crippen LogP contribution in [0.3, 0.4) is 0 Å². The van der Waals surface area contributed by atoms with Crippen molar-refractivity contribution in [2.45, 2.75) is 25.7 Å². The van der Waals surface area contributed by atoms with Crippen LogP contribution in [0.15, 0.2) is 35.2 Å². The quantitative estimate of drug-likeness (QED) is 0.638. The molecule has 0 aliphatic carbocycles. The van der Waals surface area contributed by atoms with Gasteiger partial charge in [-0.1, -0.05) is 17.7 Å². The summed E-state index contributed by atoms with van der Waals surface area (Å²) in [5.74, 6) is -0.127. The molecule has 9 heteroatoms. The number of nitrogens with zero attached hydrogens (tertiary/aromatic N) is 5. The lowest BCUT2D eigenvalue weighted by Crippen LogP contribution is -2.50. The van der Waals surface area contributed by atoms with Crippen LogP contribution in [0.1, 0.15) is 27.3 Å². The fourth-order valence-electron chi connectivity index (χ4n) is 3.81. The van der Waals surface area contributed by atoms with Crippen molar-refractivity contribution in [3.8, 4) is 0 Å². The molecule has 2 aromatic heterocycles. The number of hydrogen-bond donors (Lipinski definition) is 0. The lowest BCUT2D eigenvalue weighted by Gasteiger charge is -2.34. The molecule has 0 saturated carbocycles. The number of hydrogen-bond acceptors (Lipinski definition) is 5. The van der Waals surface area contributed by atoms with Crippen LogP contribution >= 0.6 is 0 Å². The summed E-state index contributed by atoms with van der Waals surface area (Å²) in [5, 5.41) is 5.23. The largest absolute Gasteiger partial charge is 0.336 e. The molecule has 3 aromatic rings. The smallest absolute Gasteiger partial charge is 0.255 e. The van der Waals surface area contributed by atoms with Gasteiger partial charge in [0.25, 0.3) is 5.91 Å². The number of aromatic nitrogens is 3. The molecule has 1 fully saturated rings. The van der Waals surface area contributed by atoms with Gasteiger partial charge in [0.05, 0.1) is 21.8 Å². The van der Waals surface area contributed by atoms with Crippen molar-refractivity contribution in [1.29, 1.82) is 0 Å². The first-order valence-corrected chi connectivity index (χ1v) is 11.3. The first-order chi connectivity index (χ1) is 14.2. The van der Waals surface area contributed by atoms with E-state index in [4.69, 9.17) is 0 Å². The van der Waals surface area contributed by atoms with E-state index in [1.54, 1.807) is 33.8 Å². The predicted molar refractivity (Wildman–Crippen MR) is 114 cm³/mol. The second-order valence-corrected chi connectivity index (χ2v) is 9.65. The lowest BCUT2D eigenvalue weighted by atomic mass is 10.1. The molecule has 1 aromatic carbocycles. The van der Waals surface area contributed by atoms with E-state index >= 15 is 0 Å². The molecule has 0 atom stereocenters. The Morgan fingerprint density at radius 2 is 1.60 bits per heavy atom. The number of amides is 1. The Morgan fingerprint density at radius 3 is 2.23 bits per heavy atom. The standard InChI is InChI=1S/C21H25N5O3S/c1-14-5-7-17(8-6-14)30(28,29)26-11-9-25(10-12-26)21(27)19-13-18-16(3)23-24(4)20(18)22-15(19)2/h5-8,13H,9-12H2,1-4H3. The van der Waals surface area contributed by atoms with Crippen LogP contribution in [-0.2, 0) is 17.1 Å². The second-order valence-electron chi connectivity index (χ2n) is 7.71. The molecule has 1 aliphatic rings. The maximum Gasteiger partial charge on any atom is 0.255 e. The van der Waals surface area contributed by atoms with E-state index in [-0.39, 0.29) is 23.9 Å². The fraction of sp³-hybridized carbons (Fsp3) is 0.381. The highest BCUT2D eigenvalue weighted by molar-refractivity contribution is 7.89. The van der Waals surface area contributed by atoms with E-state index in [0.717, 1.165) is 22.3 Å². The summed E-state index contributed by atoms with van der Waals surface area (Å²) >= 11 is 0. The van der Waals surface area contributed by atoms with Gasteiger partial charge >= 0.3 is 0 Å². The number of fused-ring (bicyclic) bond motifs is 1. The van der Waals surface area contributed by atoms with Crippen molar-refractivity contribution in [3.05, 3.63) is 52.8 Å². The molecule has 1 aliphatic heterocycles. The van der Waals surface area contributed by atoms with Gasteiger partial charge < -0.3 is 4.90 Å². The molecule has 3 heterocycles. The molecule has 0 radical (unpaired) electrons. The Morgan fingerprint density at radius 1 is 0.967 bits per heavy atom. The Hall–Kier alpha value is -2.78. The highest BCUT2D eigenvalue weighted by atomic mass is 32.2. The molecular weight excluding hydrogens is 402 g/mol. The zero-order valence-electron chi connectivity index (χ0n) is 17.6. The van der Waals surface area contributed by atoms with Gasteiger partial charge in [0.2, 0.25) is 10.0 Å². The van der Waals surface area contributed by atoms with E-state index in [9.17, 15) is 13.2 Å². The summed E-state index contributed by atoms with van der Waals surface area (Å²) in [6.07, 6.45) is 0. The summed E-state index contributed by atoms with van der Waals surface area (Å²) < 4.78 is 28.9. The monoisotopic (exact) mass is 427 g/mol. The number of aryl methyl sites for hydroxylation is 4. The van der Waals surface area contributed by atoms with E-state index in [1.165, 1.54) is 4.31 Å². The second kappa shape index (κ2) is 7.48. The molecule has 158 valence electrons. The van der Waals surface area contributed by atoms with Gasteiger partial charge in [-0.05, 0) is 39.0 Å². The Balaban J connectivity index is 1.52. The minimum atomic E-state index is -3.56. The third-order valence-electron chi connectivity index (χ3n) is 5.60. The van der Waals surface area contributed by atoms with Gasteiger partial charge in [-0.2, -0.15) is 9.40 Å². The van der Waals surface area contributed by atoms with E-state index in [0.29, 0.717) is 24.3 Å². The van der Waals surface area contributed by atoms with Crippen LogP contribution in [0, 0.1) is 20.8 Å². The number of carbonyl (C=O) groups excluding carboxylic acids is 1. The Kier molecular flexibility index (Phi) is 5.11. The van der Waals surface area contributed by atoms with Crippen molar-refractivity contribution in [3.63, 3.8) is 0 Å². The zero-order valence-corrected chi connectivity index (χ0v) is 18.4. The van der Waals surface area contributed by atoms with E-state index in [1.807, 2.05) is 33.9 Å². The molecule has 1 saturated heterocycles. The van der Waals surface area contributed by atoms with Gasteiger partial charge in [-0.25, -0.2) is 13.4 Å². The highest BCUT2D eigenvalue weighted by Crippen LogP contribution is 2.22. The predicted octanol–water partition coefficient (Wildman–Crippen LogP) is 2.04. The molecule has 0 bridgehead atoms. The van der Waals surface area contributed by atoms with Gasteiger partial charge in [0, 0.05) is 38.6 Å². The Labute approximate surface area is 176 Å².